The lowest BCUT2D eigenvalue weighted by Gasteiger charge is -2.42. The maximum absolute atomic E-state index is 13.9. The van der Waals surface area contributed by atoms with Crippen LogP contribution in [0.5, 0.6) is 5.75 Å². The minimum absolute atomic E-state index is 0.0220. The first-order valence-electron chi connectivity index (χ1n) is 10.3. The zero-order chi connectivity index (χ0) is 23.5. The predicted molar refractivity (Wildman–Crippen MR) is 127 cm³/mol. The number of amides is 2. The molecule has 7 heteroatoms. The van der Waals surface area contributed by atoms with Crippen molar-refractivity contribution in [2.45, 2.75) is 22.1 Å². The maximum atomic E-state index is 13.9. The summed E-state index contributed by atoms with van der Waals surface area (Å²) in [6.45, 7) is 3.89. The molecule has 4 nitrogen and oxygen atoms in total. The third kappa shape index (κ3) is 2.82. The summed E-state index contributed by atoms with van der Waals surface area (Å²) in [5.41, 5.74) is 1.48. The number of hydrogen-bond donors (Lipinski definition) is 1. The summed E-state index contributed by atoms with van der Waals surface area (Å²) in [6, 6.07) is 15.4. The summed E-state index contributed by atoms with van der Waals surface area (Å²) < 4.78 is 13.5. The number of allylic oxidation sites excluding steroid dienone is 3. The second-order valence-electron chi connectivity index (χ2n) is 8.20. The number of aromatic hydroxyl groups is 1. The first-order valence-corrected chi connectivity index (χ1v) is 11.0. The second kappa shape index (κ2) is 7.44. The summed E-state index contributed by atoms with van der Waals surface area (Å²) in [5, 5.41) is 11.6. The Hall–Kier alpha value is -3.15. The third-order valence-electron chi connectivity index (χ3n) is 6.55. The molecular weight excluding hydrogens is 464 g/mol. The van der Waals surface area contributed by atoms with Crippen LogP contribution in [-0.4, -0.2) is 26.7 Å². The smallest absolute Gasteiger partial charge is 0.258 e. The fourth-order valence-corrected chi connectivity index (χ4v) is 5.77. The topological polar surface area (TPSA) is 57.6 Å². The van der Waals surface area contributed by atoms with Crippen molar-refractivity contribution in [2.24, 2.45) is 0 Å². The molecule has 1 saturated heterocycles. The van der Waals surface area contributed by atoms with E-state index in [2.05, 4.69) is 6.58 Å². The van der Waals surface area contributed by atoms with Gasteiger partial charge in [0.2, 0.25) is 0 Å². The Bertz CT molecular complexity index is 1370. The highest BCUT2D eigenvalue weighted by atomic mass is 35.5. The summed E-state index contributed by atoms with van der Waals surface area (Å²) >= 11 is 14.1. The highest BCUT2D eigenvalue weighted by molar-refractivity contribution is 6.58. The van der Waals surface area contributed by atoms with Gasteiger partial charge in [-0.05, 0) is 53.3 Å². The summed E-state index contributed by atoms with van der Waals surface area (Å²) in [7, 11) is 0. The maximum Gasteiger partial charge on any atom is 0.258 e. The van der Waals surface area contributed by atoms with Gasteiger partial charge in [-0.15, -0.1) is 23.2 Å². The molecule has 1 fully saturated rings. The van der Waals surface area contributed by atoms with Gasteiger partial charge in [-0.3, -0.25) is 9.59 Å². The zero-order valence-electron chi connectivity index (χ0n) is 17.3. The van der Waals surface area contributed by atoms with Crippen molar-refractivity contribution in [3.05, 3.63) is 96.3 Å². The molecule has 3 aromatic rings. The van der Waals surface area contributed by atoms with Crippen LogP contribution in [0, 0.1) is 5.82 Å². The minimum atomic E-state index is -1.88. The second-order valence-corrected chi connectivity index (χ2v) is 9.44. The van der Waals surface area contributed by atoms with Crippen molar-refractivity contribution in [1.29, 1.82) is 0 Å². The number of fused-ring (bicyclic) bond motifs is 2. The normalized spacial score (nSPS) is 26.9. The number of phenolic OH excluding ortho intramolecular Hbond substituents is 1. The molecule has 3 aromatic carbocycles. The van der Waals surface area contributed by atoms with Crippen LogP contribution in [0.25, 0.3) is 10.8 Å². The Morgan fingerprint density at radius 3 is 2.33 bits per heavy atom. The van der Waals surface area contributed by atoms with Crippen LogP contribution in [-0.2, 0) is 9.59 Å². The van der Waals surface area contributed by atoms with Gasteiger partial charge in [-0.25, -0.2) is 9.29 Å². The number of benzene rings is 3. The molecule has 5 rings (SSSR count). The first kappa shape index (κ1) is 21.7. The number of rotatable bonds is 3. The van der Waals surface area contributed by atoms with Crippen molar-refractivity contribution >= 4 is 51.5 Å². The van der Waals surface area contributed by atoms with Gasteiger partial charge < -0.3 is 5.11 Å². The molecule has 3 atom stereocenters. The molecule has 33 heavy (non-hydrogen) atoms. The molecule has 0 saturated carbocycles. The number of phenols is 1. The fourth-order valence-electron chi connectivity index (χ4n) is 4.93. The van der Waals surface area contributed by atoms with Crippen LogP contribution in [0.4, 0.5) is 10.1 Å². The van der Waals surface area contributed by atoms with Crippen LogP contribution < -0.4 is 4.90 Å². The van der Waals surface area contributed by atoms with E-state index >= 15 is 0 Å². The SMILES string of the molecule is C=CC1=CCC2(Cl)C(=O)N(c3ccc(F)cc3)C(=O)C2(Cl)C1c1ccc(O)c2ccccc12. The van der Waals surface area contributed by atoms with Gasteiger partial charge in [0, 0.05) is 11.3 Å². The van der Waals surface area contributed by atoms with Crippen molar-refractivity contribution in [1.82, 2.24) is 0 Å². The number of hydrogen-bond acceptors (Lipinski definition) is 3. The largest absolute Gasteiger partial charge is 0.507 e. The highest BCUT2D eigenvalue weighted by Crippen LogP contribution is 2.60. The van der Waals surface area contributed by atoms with E-state index in [0.717, 1.165) is 17.0 Å². The van der Waals surface area contributed by atoms with Crippen LogP contribution in [0.3, 0.4) is 0 Å². The standard InChI is InChI=1S/C26H18Cl2FNO3/c1-2-15-13-14-25(27)23(32)30(17-9-7-16(29)8-10-17)24(33)26(25,28)22(15)20-11-12-21(31)19-6-4-3-5-18(19)20/h2-13,22,31H,1,14H2. The predicted octanol–water partition coefficient (Wildman–Crippen LogP) is 5.81. The molecule has 3 unspecified atom stereocenters. The van der Waals surface area contributed by atoms with Crippen LogP contribution in [0.2, 0.25) is 0 Å². The fraction of sp³-hybridized carbons (Fsp3) is 0.154. The number of carbonyl (C=O) groups is 2. The minimum Gasteiger partial charge on any atom is -0.507 e. The molecule has 166 valence electrons. The van der Waals surface area contributed by atoms with Gasteiger partial charge in [-0.2, -0.15) is 0 Å². The van der Waals surface area contributed by atoms with Crippen molar-refractivity contribution in [3.63, 3.8) is 0 Å². The van der Waals surface area contributed by atoms with Gasteiger partial charge in [0.1, 0.15) is 11.6 Å². The van der Waals surface area contributed by atoms with Crippen LogP contribution in [0.15, 0.2) is 85.0 Å². The Morgan fingerprint density at radius 2 is 1.67 bits per heavy atom. The summed E-state index contributed by atoms with van der Waals surface area (Å²) in [4.78, 5) is 24.7. The van der Waals surface area contributed by atoms with Gasteiger partial charge in [0.25, 0.3) is 11.8 Å². The third-order valence-corrected chi connectivity index (χ3v) is 7.96. The Kier molecular flexibility index (Phi) is 4.89. The molecular formula is C26H18Cl2FNO3. The lowest BCUT2D eigenvalue weighted by atomic mass is 9.68. The Balaban J connectivity index is 1.77. The van der Waals surface area contributed by atoms with Crippen LogP contribution >= 0.6 is 23.2 Å². The number of anilines is 1. The van der Waals surface area contributed by atoms with E-state index in [0.29, 0.717) is 21.9 Å². The number of carbonyl (C=O) groups excluding carboxylic acids is 2. The van der Waals surface area contributed by atoms with E-state index in [4.69, 9.17) is 23.2 Å². The average Bonchev–Trinajstić information content (AvgIpc) is 2.97. The molecule has 2 aliphatic rings. The van der Waals surface area contributed by atoms with Crippen molar-refractivity contribution in [2.75, 3.05) is 4.90 Å². The van der Waals surface area contributed by atoms with E-state index in [9.17, 15) is 19.1 Å². The lowest BCUT2D eigenvalue weighted by Crippen LogP contribution is -2.54. The van der Waals surface area contributed by atoms with E-state index in [1.165, 1.54) is 18.2 Å². The molecule has 0 spiro atoms. The monoisotopic (exact) mass is 481 g/mol. The molecule has 0 aromatic heterocycles. The molecule has 0 bridgehead atoms. The molecule has 2 amide bonds. The highest BCUT2D eigenvalue weighted by Gasteiger charge is 2.73. The zero-order valence-corrected chi connectivity index (χ0v) is 18.8. The Morgan fingerprint density at radius 1 is 1.00 bits per heavy atom. The number of halogens is 3. The van der Waals surface area contributed by atoms with Crippen molar-refractivity contribution in [3.8, 4) is 5.75 Å². The van der Waals surface area contributed by atoms with E-state index in [1.807, 2.05) is 12.1 Å². The average molecular weight is 482 g/mol. The number of alkyl halides is 2. The quantitative estimate of drug-likeness (QED) is 0.379. The van der Waals surface area contributed by atoms with Gasteiger partial charge in [-0.1, -0.05) is 49.1 Å². The number of imide groups is 1. The summed E-state index contributed by atoms with van der Waals surface area (Å²) in [5.74, 6) is -2.60. The van der Waals surface area contributed by atoms with E-state index in [1.54, 1.807) is 30.4 Å². The van der Waals surface area contributed by atoms with E-state index in [-0.39, 0.29) is 17.9 Å². The molecule has 1 heterocycles. The van der Waals surface area contributed by atoms with Gasteiger partial charge in [0.05, 0.1) is 5.69 Å². The molecule has 1 N–H and O–H groups in total. The molecule has 1 aliphatic heterocycles. The summed E-state index contributed by atoms with van der Waals surface area (Å²) in [6.07, 6.45) is 3.39. The van der Waals surface area contributed by atoms with Crippen LogP contribution in [0.1, 0.15) is 17.9 Å². The van der Waals surface area contributed by atoms with E-state index < -0.39 is 33.3 Å². The Labute approximate surface area is 199 Å². The lowest BCUT2D eigenvalue weighted by molar-refractivity contribution is -0.122. The molecule has 1 aliphatic carbocycles. The van der Waals surface area contributed by atoms with Gasteiger partial charge in [0.15, 0.2) is 9.75 Å². The molecule has 0 radical (unpaired) electrons. The first-order chi connectivity index (χ1) is 15.7. The number of nitrogens with zero attached hydrogens (tertiary/aromatic N) is 1. The van der Waals surface area contributed by atoms with Gasteiger partial charge >= 0.3 is 0 Å². The van der Waals surface area contributed by atoms with Crippen molar-refractivity contribution < 1.29 is 19.1 Å².